The summed E-state index contributed by atoms with van der Waals surface area (Å²) in [4.78, 5) is 22.7. The minimum Gasteiger partial charge on any atom is -0.464 e. The van der Waals surface area contributed by atoms with Crippen molar-refractivity contribution in [2.75, 3.05) is 7.05 Å². The molecule has 0 spiro atoms. The highest BCUT2D eigenvalue weighted by atomic mass is 16.3. The first-order valence-electron chi connectivity index (χ1n) is 8.40. The number of aromatic nitrogens is 3. The molecule has 2 atom stereocenters. The Morgan fingerprint density at radius 3 is 2.92 bits per heavy atom. The topological polar surface area (TPSA) is 64.2 Å². The average Bonchev–Trinajstić information content (AvgIpc) is 3.05. The van der Waals surface area contributed by atoms with Crippen LogP contribution >= 0.6 is 0 Å². The van der Waals surface area contributed by atoms with Crippen LogP contribution in [0.1, 0.15) is 41.1 Å². The summed E-state index contributed by atoms with van der Waals surface area (Å²) in [6, 6.07) is 7.48. The van der Waals surface area contributed by atoms with Gasteiger partial charge in [-0.1, -0.05) is 6.92 Å². The first kappa shape index (κ1) is 15.6. The van der Waals surface area contributed by atoms with Crippen LogP contribution in [0.25, 0.3) is 5.82 Å². The lowest BCUT2D eigenvalue weighted by Crippen LogP contribution is -2.26. The Morgan fingerprint density at radius 1 is 1.36 bits per heavy atom. The number of hydrogen-bond donors (Lipinski definition) is 0. The highest BCUT2D eigenvalue weighted by Gasteiger charge is 2.36. The first-order valence-corrected chi connectivity index (χ1v) is 8.40. The Labute approximate surface area is 146 Å². The van der Waals surface area contributed by atoms with E-state index in [0.29, 0.717) is 29.8 Å². The summed E-state index contributed by atoms with van der Waals surface area (Å²) in [5.74, 6) is 3.70. The van der Waals surface area contributed by atoms with Gasteiger partial charge in [0.05, 0.1) is 6.54 Å². The number of pyridine rings is 1. The van der Waals surface area contributed by atoms with E-state index in [1.165, 1.54) is 6.42 Å². The van der Waals surface area contributed by atoms with Crippen molar-refractivity contribution in [1.29, 1.82) is 0 Å². The molecular weight excluding hydrogens is 316 g/mol. The molecule has 1 fully saturated rings. The van der Waals surface area contributed by atoms with Crippen LogP contribution in [0.2, 0.25) is 0 Å². The molecule has 3 aromatic rings. The van der Waals surface area contributed by atoms with Gasteiger partial charge < -0.3 is 9.32 Å². The van der Waals surface area contributed by atoms with E-state index in [1.807, 2.05) is 12.1 Å². The number of carbonyl (C=O) groups excluding carboxylic acids is 1. The number of carbonyl (C=O) groups is 1. The highest BCUT2D eigenvalue weighted by molar-refractivity contribution is 5.94. The molecule has 0 aromatic carbocycles. The molecule has 25 heavy (non-hydrogen) atoms. The lowest BCUT2D eigenvalue weighted by Gasteiger charge is -2.16. The largest absolute Gasteiger partial charge is 0.464 e. The molecule has 1 aliphatic carbocycles. The zero-order chi connectivity index (χ0) is 17.4. The summed E-state index contributed by atoms with van der Waals surface area (Å²) >= 11 is 0. The van der Waals surface area contributed by atoms with Crippen LogP contribution < -0.4 is 0 Å². The molecule has 6 heteroatoms. The second-order valence-corrected chi connectivity index (χ2v) is 6.66. The van der Waals surface area contributed by atoms with E-state index in [0.717, 1.165) is 11.5 Å². The fourth-order valence-electron chi connectivity index (χ4n) is 3.01. The van der Waals surface area contributed by atoms with Crippen molar-refractivity contribution in [3.8, 4) is 5.82 Å². The third kappa shape index (κ3) is 3.20. The molecule has 1 aliphatic rings. The van der Waals surface area contributed by atoms with Crippen molar-refractivity contribution < 1.29 is 9.21 Å². The van der Waals surface area contributed by atoms with Gasteiger partial charge in [0.15, 0.2) is 0 Å². The number of furan rings is 1. The van der Waals surface area contributed by atoms with Crippen LogP contribution in [0.5, 0.6) is 0 Å². The Kier molecular flexibility index (Phi) is 3.87. The van der Waals surface area contributed by atoms with Gasteiger partial charge in [0.25, 0.3) is 5.91 Å². The van der Waals surface area contributed by atoms with Crippen molar-refractivity contribution in [1.82, 2.24) is 19.4 Å². The highest BCUT2D eigenvalue weighted by Crippen LogP contribution is 2.47. The molecule has 1 amide bonds. The van der Waals surface area contributed by atoms with Gasteiger partial charge >= 0.3 is 0 Å². The van der Waals surface area contributed by atoms with Crippen LogP contribution in [0.3, 0.4) is 0 Å². The van der Waals surface area contributed by atoms with E-state index in [4.69, 9.17) is 4.42 Å². The van der Waals surface area contributed by atoms with Crippen molar-refractivity contribution in [3.05, 3.63) is 66.3 Å². The van der Waals surface area contributed by atoms with E-state index in [-0.39, 0.29) is 5.91 Å². The van der Waals surface area contributed by atoms with Crippen molar-refractivity contribution in [2.24, 2.45) is 5.92 Å². The summed E-state index contributed by atoms with van der Waals surface area (Å²) < 4.78 is 7.67. The normalized spacial score (nSPS) is 19.0. The number of amides is 1. The van der Waals surface area contributed by atoms with Gasteiger partial charge in [-0.3, -0.25) is 9.36 Å². The fraction of sp³-hybridized carbons (Fsp3) is 0.316. The smallest absolute Gasteiger partial charge is 0.254 e. The van der Waals surface area contributed by atoms with Gasteiger partial charge in [0.2, 0.25) is 0 Å². The molecule has 0 bridgehead atoms. The maximum atomic E-state index is 12.7. The minimum absolute atomic E-state index is 0.0681. The SMILES string of the molecule is C[C@H]1C[C@@H]1c1ccc(CN(C)C(=O)c2ccnc(-n3ccnc3)c2)o1. The molecular formula is C19H20N4O2. The molecule has 0 radical (unpaired) electrons. The van der Waals surface area contributed by atoms with Gasteiger partial charge in [0.1, 0.15) is 23.7 Å². The minimum atomic E-state index is -0.0681. The molecule has 0 N–H and O–H groups in total. The third-order valence-corrected chi connectivity index (χ3v) is 4.66. The molecule has 0 unspecified atom stereocenters. The second kappa shape index (κ2) is 6.20. The number of rotatable bonds is 5. The number of hydrogen-bond acceptors (Lipinski definition) is 4. The molecule has 128 valence electrons. The first-order chi connectivity index (χ1) is 12.1. The lowest BCUT2D eigenvalue weighted by molar-refractivity contribution is 0.0774. The standard InChI is InChI=1S/C19H20N4O2/c1-13-9-16(13)17-4-3-15(25-17)11-22(2)19(24)14-5-6-21-18(10-14)23-8-7-20-12-23/h3-8,10,12-13,16H,9,11H2,1-2H3/t13-,16-/m0/s1. The zero-order valence-electron chi connectivity index (χ0n) is 14.3. The Morgan fingerprint density at radius 2 is 2.20 bits per heavy atom. The lowest BCUT2D eigenvalue weighted by atomic mass is 10.2. The summed E-state index contributed by atoms with van der Waals surface area (Å²) in [6.45, 7) is 2.67. The summed E-state index contributed by atoms with van der Waals surface area (Å²) in [6.07, 6.45) is 7.95. The average molecular weight is 336 g/mol. The van der Waals surface area contributed by atoms with Gasteiger partial charge in [-0.2, -0.15) is 0 Å². The maximum Gasteiger partial charge on any atom is 0.254 e. The second-order valence-electron chi connectivity index (χ2n) is 6.66. The summed E-state index contributed by atoms with van der Waals surface area (Å²) in [5.41, 5.74) is 0.587. The van der Waals surface area contributed by atoms with Gasteiger partial charge in [0, 0.05) is 37.1 Å². The van der Waals surface area contributed by atoms with E-state index in [9.17, 15) is 4.79 Å². The predicted molar refractivity (Wildman–Crippen MR) is 92.4 cm³/mol. The van der Waals surface area contributed by atoms with Gasteiger partial charge in [-0.05, 0) is 36.6 Å². The monoisotopic (exact) mass is 336 g/mol. The van der Waals surface area contributed by atoms with Crippen LogP contribution in [0.4, 0.5) is 0 Å². The molecule has 3 aromatic heterocycles. The van der Waals surface area contributed by atoms with E-state index in [1.54, 1.807) is 53.6 Å². The Hall–Kier alpha value is -2.89. The van der Waals surface area contributed by atoms with Crippen molar-refractivity contribution >= 4 is 5.91 Å². The Balaban J connectivity index is 1.47. The summed E-state index contributed by atoms with van der Waals surface area (Å²) in [5, 5.41) is 0. The van der Waals surface area contributed by atoms with Gasteiger partial charge in [-0.25, -0.2) is 9.97 Å². The van der Waals surface area contributed by atoms with Crippen LogP contribution in [0, 0.1) is 5.92 Å². The van der Waals surface area contributed by atoms with Crippen LogP contribution in [0.15, 0.2) is 53.6 Å². The fourth-order valence-corrected chi connectivity index (χ4v) is 3.01. The molecule has 1 saturated carbocycles. The van der Waals surface area contributed by atoms with E-state index >= 15 is 0 Å². The molecule has 6 nitrogen and oxygen atoms in total. The molecule has 0 saturated heterocycles. The molecule has 0 aliphatic heterocycles. The Bertz CT molecular complexity index is 884. The number of imidazole rings is 1. The van der Waals surface area contributed by atoms with Crippen LogP contribution in [-0.4, -0.2) is 32.4 Å². The zero-order valence-corrected chi connectivity index (χ0v) is 14.3. The third-order valence-electron chi connectivity index (χ3n) is 4.66. The quantitative estimate of drug-likeness (QED) is 0.717. The van der Waals surface area contributed by atoms with Crippen LogP contribution in [-0.2, 0) is 6.54 Å². The molecule has 3 heterocycles. The van der Waals surface area contributed by atoms with E-state index < -0.39 is 0 Å². The van der Waals surface area contributed by atoms with E-state index in [2.05, 4.69) is 16.9 Å². The summed E-state index contributed by atoms with van der Waals surface area (Å²) in [7, 11) is 1.78. The van der Waals surface area contributed by atoms with Crippen molar-refractivity contribution in [3.63, 3.8) is 0 Å². The number of nitrogens with zero attached hydrogens (tertiary/aromatic N) is 4. The van der Waals surface area contributed by atoms with Gasteiger partial charge in [-0.15, -0.1) is 0 Å². The predicted octanol–water partition coefficient (Wildman–Crippen LogP) is 3.26. The molecule has 4 rings (SSSR count). The maximum absolute atomic E-state index is 12.7. The van der Waals surface area contributed by atoms with Crippen molar-refractivity contribution in [2.45, 2.75) is 25.8 Å².